The summed E-state index contributed by atoms with van der Waals surface area (Å²) in [7, 11) is 0. The van der Waals surface area contributed by atoms with Crippen molar-refractivity contribution < 1.29 is 4.52 Å². The summed E-state index contributed by atoms with van der Waals surface area (Å²) < 4.78 is 6.48. The van der Waals surface area contributed by atoms with E-state index in [9.17, 15) is 0 Å². The summed E-state index contributed by atoms with van der Waals surface area (Å²) >= 11 is 8.11. The lowest BCUT2D eigenvalue weighted by atomic mass is 10.2. The summed E-state index contributed by atoms with van der Waals surface area (Å²) in [6, 6.07) is 18.2. The number of thioether (sulfide) groups is 1. The van der Waals surface area contributed by atoms with Gasteiger partial charge in [-0.3, -0.25) is 4.42 Å². The molecule has 22 heavy (non-hydrogen) atoms. The molecule has 3 rings (SSSR count). The van der Waals surface area contributed by atoms with Gasteiger partial charge in [-0.05, 0) is 17.7 Å². The highest BCUT2D eigenvalue weighted by molar-refractivity contribution is 7.98. The first-order valence-electron chi connectivity index (χ1n) is 6.77. The third kappa shape index (κ3) is 3.81. The van der Waals surface area contributed by atoms with Gasteiger partial charge in [0.25, 0.3) is 0 Å². The molecule has 0 unspecified atom stereocenters. The standard InChI is InChI=1S/C16H14ClN3OS/c17-20(10-13-6-2-1-3-7-13)14-8-4-5-9-15(14)22-11-16-18-12-21-19-16/h1-9,12H,10-11H2. The number of anilines is 1. The summed E-state index contributed by atoms with van der Waals surface area (Å²) in [4.78, 5) is 5.11. The number of hydrogen-bond donors (Lipinski definition) is 0. The van der Waals surface area contributed by atoms with Crippen LogP contribution in [0.1, 0.15) is 11.4 Å². The molecule has 1 aromatic heterocycles. The third-order valence-electron chi connectivity index (χ3n) is 3.05. The fourth-order valence-corrected chi connectivity index (χ4v) is 3.26. The van der Waals surface area contributed by atoms with Crippen LogP contribution in [-0.4, -0.2) is 10.1 Å². The average Bonchev–Trinajstić information content (AvgIpc) is 3.07. The Hall–Kier alpha value is -1.98. The van der Waals surface area contributed by atoms with Crippen LogP contribution in [0.5, 0.6) is 0 Å². The normalized spacial score (nSPS) is 10.6. The lowest BCUT2D eigenvalue weighted by molar-refractivity contribution is 0.412. The average molecular weight is 332 g/mol. The van der Waals surface area contributed by atoms with Gasteiger partial charge in [0.2, 0.25) is 6.39 Å². The van der Waals surface area contributed by atoms with Gasteiger partial charge in [0.15, 0.2) is 5.82 Å². The molecule has 0 spiro atoms. The minimum Gasteiger partial charge on any atom is -0.343 e. The molecule has 0 fully saturated rings. The van der Waals surface area contributed by atoms with Crippen LogP contribution in [0.25, 0.3) is 0 Å². The van der Waals surface area contributed by atoms with Crippen molar-refractivity contribution in [1.29, 1.82) is 0 Å². The molecule has 0 amide bonds. The largest absolute Gasteiger partial charge is 0.343 e. The molecular formula is C16H14ClN3OS. The van der Waals surface area contributed by atoms with Crippen molar-refractivity contribution >= 4 is 29.2 Å². The van der Waals surface area contributed by atoms with Crippen LogP contribution in [0.4, 0.5) is 5.69 Å². The number of rotatable bonds is 6. The number of nitrogens with zero attached hydrogens (tertiary/aromatic N) is 3. The van der Waals surface area contributed by atoms with E-state index in [2.05, 4.69) is 22.3 Å². The molecule has 0 radical (unpaired) electrons. The molecule has 0 N–H and O–H groups in total. The minimum atomic E-state index is 0.641. The van der Waals surface area contributed by atoms with Crippen LogP contribution in [0.15, 0.2) is 70.4 Å². The van der Waals surface area contributed by atoms with Crippen molar-refractivity contribution in [3.63, 3.8) is 0 Å². The fourth-order valence-electron chi connectivity index (χ4n) is 2.01. The highest BCUT2D eigenvalue weighted by Crippen LogP contribution is 2.33. The summed E-state index contributed by atoms with van der Waals surface area (Å²) in [6.07, 6.45) is 1.34. The smallest absolute Gasteiger partial charge is 0.213 e. The van der Waals surface area contributed by atoms with E-state index >= 15 is 0 Å². The van der Waals surface area contributed by atoms with E-state index in [-0.39, 0.29) is 0 Å². The van der Waals surface area contributed by atoms with Crippen molar-refractivity contribution in [3.05, 3.63) is 72.4 Å². The highest BCUT2D eigenvalue weighted by atomic mass is 35.5. The molecule has 112 valence electrons. The Bertz CT molecular complexity index is 706. The van der Waals surface area contributed by atoms with Gasteiger partial charge in [0.1, 0.15) is 0 Å². The highest BCUT2D eigenvalue weighted by Gasteiger charge is 2.11. The first-order chi connectivity index (χ1) is 10.8. The van der Waals surface area contributed by atoms with Gasteiger partial charge in [-0.1, -0.05) is 47.6 Å². The van der Waals surface area contributed by atoms with Gasteiger partial charge < -0.3 is 4.52 Å². The molecule has 0 saturated heterocycles. The van der Waals surface area contributed by atoms with Gasteiger partial charge in [-0.15, -0.1) is 11.8 Å². The first-order valence-corrected chi connectivity index (χ1v) is 8.09. The van der Waals surface area contributed by atoms with Crippen LogP contribution in [0, 0.1) is 0 Å². The Morgan fingerprint density at radius 3 is 2.59 bits per heavy atom. The van der Waals surface area contributed by atoms with E-state index in [1.54, 1.807) is 16.2 Å². The van der Waals surface area contributed by atoms with E-state index in [4.69, 9.17) is 16.3 Å². The maximum atomic E-state index is 6.48. The fraction of sp³-hybridized carbons (Fsp3) is 0.125. The van der Waals surface area contributed by atoms with Crippen molar-refractivity contribution in [1.82, 2.24) is 10.1 Å². The summed E-state index contributed by atoms with van der Waals surface area (Å²) in [5.41, 5.74) is 2.14. The van der Waals surface area contributed by atoms with Gasteiger partial charge >= 0.3 is 0 Å². The third-order valence-corrected chi connectivity index (χ3v) is 4.41. The molecule has 2 aromatic carbocycles. The van der Waals surface area contributed by atoms with Gasteiger partial charge in [0, 0.05) is 16.7 Å². The second kappa shape index (κ2) is 7.33. The molecule has 0 saturated carbocycles. The molecule has 0 atom stereocenters. The predicted molar refractivity (Wildman–Crippen MR) is 88.8 cm³/mol. The van der Waals surface area contributed by atoms with Gasteiger partial charge in [-0.25, -0.2) is 0 Å². The summed E-state index contributed by atoms with van der Waals surface area (Å²) in [6.45, 7) is 0.641. The molecule has 1 heterocycles. The number of halogens is 1. The summed E-state index contributed by atoms with van der Waals surface area (Å²) in [5.74, 6) is 1.31. The molecule has 0 aliphatic heterocycles. The molecule has 0 aliphatic carbocycles. The van der Waals surface area contributed by atoms with Crippen LogP contribution >= 0.6 is 23.5 Å². The number of para-hydroxylation sites is 1. The first kappa shape index (κ1) is 14.9. The zero-order valence-electron chi connectivity index (χ0n) is 11.7. The van der Waals surface area contributed by atoms with Crippen molar-refractivity contribution in [2.75, 3.05) is 4.42 Å². The molecule has 6 heteroatoms. The Labute approximate surface area is 138 Å². The Balaban J connectivity index is 1.72. The second-order valence-electron chi connectivity index (χ2n) is 4.61. The van der Waals surface area contributed by atoms with E-state index < -0.39 is 0 Å². The van der Waals surface area contributed by atoms with E-state index in [1.165, 1.54) is 6.39 Å². The number of hydrogen-bond acceptors (Lipinski definition) is 5. The van der Waals surface area contributed by atoms with Gasteiger partial charge in [0.05, 0.1) is 18.0 Å². The van der Waals surface area contributed by atoms with Crippen LogP contribution in [0.2, 0.25) is 0 Å². The molecule has 0 bridgehead atoms. The molecular weight excluding hydrogens is 318 g/mol. The van der Waals surface area contributed by atoms with Crippen molar-refractivity contribution in [2.45, 2.75) is 17.2 Å². The SMILES string of the molecule is ClN(Cc1ccccc1)c1ccccc1SCc1ncon1. The predicted octanol–water partition coefficient (Wildman–Crippen LogP) is 4.52. The molecule has 4 nitrogen and oxygen atoms in total. The van der Waals surface area contributed by atoms with E-state index in [1.807, 2.05) is 42.5 Å². The number of aromatic nitrogens is 2. The Morgan fingerprint density at radius 2 is 1.82 bits per heavy atom. The van der Waals surface area contributed by atoms with E-state index in [0.717, 1.165) is 16.1 Å². The second-order valence-corrected chi connectivity index (χ2v) is 6.03. The maximum Gasteiger partial charge on any atom is 0.213 e. The topological polar surface area (TPSA) is 42.2 Å². The van der Waals surface area contributed by atoms with E-state index in [0.29, 0.717) is 18.1 Å². The molecule has 0 aliphatic rings. The minimum absolute atomic E-state index is 0.641. The van der Waals surface area contributed by atoms with Crippen molar-refractivity contribution in [3.8, 4) is 0 Å². The lowest BCUT2D eigenvalue weighted by Gasteiger charge is -2.19. The Morgan fingerprint density at radius 1 is 1.05 bits per heavy atom. The monoisotopic (exact) mass is 331 g/mol. The lowest BCUT2D eigenvalue weighted by Crippen LogP contribution is -2.10. The maximum absolute atomic E-state index is 6.48. The quantitative estimate of drug-likeness (QED) is 0.490. The van der Waals surface area contributed by atoms with Crippen molar-refractivity contribution in [2.24, 2.45) is 0 Å². The zero-order valence-corrected chi connectivity index (χ0v) is 13.3. The van der Waals surface area contributed by atoms with Gasteiger partial charge in [-0.2, -0.15) is 4.98 Å². The van der Waals surface area contributed by atoms with Crippen LogP contribution in [-0.2, 0) is 12.3 Å². The van der Waals surface area contributed by atoms with Crippen LogP contribution in [0.3, 0.4) is 0 Å². The van der Waals surface area contributed by atoms with Crippen LogP contribution < -0.4 is 4.42 Å². The Kier molecular flexibility index (Phi) is 4.98. The molecule has 3 aromatic rings. The zero-order chi connectivity index (χ0) is 15.2. The summed E-state index contributed by atoms with van der Waals surface area (Å²) in [5, 5.41) is 3.82. The number of benzene rings is 2.